The number of nitrogens with zero attached hydrogens (tertiary/aromatic N) is 3. The number of hydrogen-bond acceptors (Lipinski definition) is 4. The van der Waals surface area contributed by atoms with E-state index in [-0.39, 0.29) is 23.0 Å². The normalized spacial score (nSPS) is 14.7. The third-order valence-corrected chi connectivity index (χ3v) is 14.0. The van der Waals surface area contributed by atoms with Crippen LogP contribution in [0.1, 0.15) is 91.8 Å². The molecule has 2 aliphatic heterocycles. The van der Waals surface area contributed by atoms with Gasteiger partial charge in [-0.2, -0.15) is 0 Å². The van der Waals surface area contributed by atoms with Gasteiger partial charge in [-0.3, -0.25) is 0 Å². The van der Waals surface area contributed by atoms with Gasteiger partial charge < -0.3 is 19.1 Å². The van der Waals surface area contributed by atoms with E-state index in [1.54, 1.807) is 0 Å². The van der Waals surface area contributed by atoms with Gasteiger partial charge in [0.2, 0.25) is 0 Å². The Morgan fingerprint density at radius 2 is 1.11 bits per heavy atom. The fraction of sp³-hybridized carbons (Fsp3) is 0.233. The molecule has 0 N–H and O–H groups in total. The van der Waals surface area contributed by atoms with E-state index in [4.69, 9.17) is 4.42 Å². The van der Waals surface area contributed by atoms with Crippen LogP contribution in [0.2, 0.25) is 0 Å². The van der Waals surface area contributed by atoms with E-state index in [2.05, 4.69) is 235 Å². The van der Waals surface area contributed by atoms with Gasteiger partial charge in [-0.15, -0.1) is 0 Å². The molecule has 3 heterocycles. The number of anilines is 8. The first-order chi connectivity index (χ1) is 31.1. The lowest BCUT2D eigenvalue weighted by Gasteiger charge is -2.45. The van der Waals surface area contributed by atoms with E-state index in [9.17, 15) is 0 Å². The second kappa shape index (κ2) is 14.9. The molecular weight excluding hydrogens is 789 g/mol. The van der Waals surface area contributed by atoms with Crippen LogP contribution in [0.15, 0.2) is 174 Å². The molecule has 0 unspecified atom stereocenters. The van der Waals surface area contributed by atoms with Crippen molar-refractivity contribution in [3.05, 3.63) is 186 Å². The summed E-state index contributed by atoms with van der Waals surface area (Å²) >= 11 is 0. The van der Waals surface area contributed by atoms with E-state index in [0.717, 1.165) is 51.8 Å². The molecule has 3 aliphatic rings. The van der Waals surface area contributed by atoms with Gasteiger partial charge >= 0.3 is 0 Å². The number of allylic oxidation sites excluding steroid dienone is 4. The van der Waals surface area contributed by atoms with E-state index in [1.165, 1.54) is 67.2 Å². The Balaban J connectivity index is 1.15. The number of para-hydroxylation sites is 1. The van der Waals surface area contributed by atoms with Gasteiger partial charge in [0.05, 0.1) is 0 Å². The average molecular weight is 848 g/mol. The maximum Gasteiger partial charge on any atom is 0.252 e. The summed E-state index contributed by atoms with van der Waals surface area (Å²) in [6.45, 7) is 20.7. The first kappa shape index (κ1) is 41.0. The Bertz CT molecular complexity index is 3220. The zero-order chi connectivity index (χ0) is 45.0. The Morgan fingerprint density at radius 3 is 1.80 bits per heavy atom. The molecule has 1 aromatic heterocycles. The maximum absolute atomic E-state index is 6.35. The van der Waals surface area contributed by atoms with Crippen molar-refractivity contribution >= 4 is 90.5 Å². The average Bonchev–Trinajstić information content (AvgIpc) is 3.66. The summed E-state index contributed by atoms with van der Waals surface area (Å²) in [6.07, 6.45) is 8.83. The molecule has 0 amide bonds. The SMILES string of the molecule is CC(C)(C)c1ccc(N(c2ccc3c(c2)N(C2=CC=CCC2)c2cccc4c2B3c2cc(C(C)(C)C)ccc2N4c2ccc(C(C)(C)C)cc2)c2ccc3oc4ccccc4c3c2)cc1. The van der Waals surface area contributed by atoms with Crippen molar-refractivity contribution < 1.29 is 4.42 Å². The van der Waals surface area contributed by atoms with Crippen LogP contribution in [-0.2, 0) is 16.2 Å². The standard InChI is InChI=1S/C60H58BN3O/c1-58(2,3)39-22-27-43(28-23-39)62(45-32-35-56-48(37-45)47-18-13-14-21-55(47)65-56)46-31-33-49-54(38-46)64(42-16-11-10-12-17-42)53-20-15-19-52-57(53)61(49)50-36-41(60(7,8)9)26-34-51(50)63(52)44-29-24-40(25-30-44)59(4,5)6/h10-11,13-16,18-38H,12,17H2,1-9H3. The largest absolute Gasteiger partial charge is 0.456 e. The highest BCUT2D eigenvalue weighted by atomic mass is 16.3. The van der Waals surface area contributed by atoms with Crippen LogP contribution in [0.3, 0.4) is 0 Å². The molecule has 322 valence electrons. The molecule has 0 bridgehead atoms. The van der Waals surface area contributed by atoms with Gasteiger partial charge in [0.1, 0.15) is 11.2 Å². The van der Waals surface area contributed by atoms with Gasteiger partial charge in [0, 0.05) is 62.0 Å². The second-order valence-corrected chi connectivity index (χ2v) is 21.4. The molecule has 0 radical (unpaired) electrons. The Labute approximate surface area is 385 Å². The predicted octanol–water partition coefficient (Wildman–Crippen LogP) is 14.9. The third kappa shape index (κ3) is 6.90. The van der Waals surface area contributed by atoms with Crippen molar-refractivity contribution in [3.8, 4) is 0 Å². The summed E-state index contributed by atoms with van der Waals surface area (Å²) in [6, 6.07) is 55.0. The Hall–Kier alpha value is -6.72. The van der Waals surface area contributed by atoms with Crippen molar-refractivity contribution in [3.63, 3.8) is 0 Å². The highest BCUT2D eigenvalue weighted by Crippen LogP contribution is 2.47. The summed E-state index contributed by atoms with van der Waals surface area (Å²) in [5.74, 6) is 0. The Kier molecular flexibility index (Phi) is 9.42. The highest BCUT2D eigenvalue weighted by Gasteiger charge is 2.44. The number of rotatable bonds is 5. The number of fused-ring (bicyclic) bond motifs is 7. The van der Waals surface area contributed by atoms with Gasteiger partial charge in [0.15, 0.2) is 0 Å². The summed E-state index contributed by atoms with van der Waals surface area (Å²) < 4.78 is 6.35. The lowest BCUT2D eigenvalue weighted by atomic mass is 9.33. The van der Waals surface area contributed by atoms with Crippen LogP contribution in [0, 0.1) is 0 Å². The maximum atomic E-state index is 6.35. The van der Waals surface area contributed by atoms with Gasteiger partial charge in [-0.25, -0.2) is 0 Å². The van der Waals surface area contributed by atoms with E-state index in [0.29, 0.717) is 0 Å². The number of furan rings is 1. The van der Waals surface area contributed by atoms with E-state index < -0.39 is 0 Å². The minimum Gasteiger partial charge on any atom is -0.456 e. The summed E-state index contributed by atoms with van der Waals surface area (Å²) in [5.41, 5.74) is 20.6. The molecule has 0 fully saturated rings. The number of hydrogen-bond donors (Lipinski definition) is 0. The van der Waals surface area contributed by atoms with Gasteiger partial charge in [0.25, 0.3) is 6.71 Å². The zero-order valence-electron chi connectivity index (χ0n) is 39.3. The van der Waals surface area contributed by atoms with Crippen molar-refractivity contribution in [2.45, 2.75) is 91.4 Å². The minimum atomic E-state index is -0.0227. The van der Waals surface area contributed by atoms with Gasteiger partial charge in [-0.05, 0) is 147 Å². The molecule has 4 nitrogen and oxygen atoms in total. The first-order valence-electron chi connectivity index (χ1n) is 23.4. The Morgan fingerprint density at radius 1 is 0.492 bits per heavy atom. The van der Waals surface area contributed by atoms with Crippen molar-refractivity contribution in [2.75, 3.05) is 14.7 Å². The minimum absolute atomic E-state index is 0.0227. The van der Waals surface area contributed by atoms with Crippen molar-refractivity contribution in [1.29, 1.82) is 0 Å². The highest BCUT2D eigenvalue weighted by molar-refractivity contribution is 7.00. The molecule has 65 heavy (non-hydrogen) atoms. The molecule has 7 aromatic carbocycles. The molecule has 0 saturated carbocycles. The van der Waals surface area contributed by atoms with Crippen LogP contribution in [0.5, 0.6) is 0 Å². The summed E-state index contributed by atoms with van der Waals surface area (Å²) in [7, 11) is 0. The fourth-order valence-electron chi connectivity index (χ4n) is 10.4. The predicted molar refractivity (Wildman–Crippen MR) is 279 cm³/mol. The molecule has 11 rings (SSSR count). The first-order valence-corrected chi connectivity index (χ1v) is 23.4. The lowest BCUT2D eigenvalue weighted by Crippen LogP contribution is -2.62. The summed E-state index contributed by atoms with van der Waals surface area (Å²) in [5, 5.41) is 2.24. The smallest absolute Gasteiger partial charge is 0.252 e. The van der Waals surface area contributed by atoms with Crippen LogP contribution in [-0.4, -0.2) is 6.71 Å². The van der Waals surface area contributed by atoms with Crippen LogP contribution < -0.4 is 31.1 Å². The third-order valence-electron chi connectivity index (χ3n) is 14.0. The number of benzene rings is 7. The molecule has 5 heteroatoms. The van der Waals surface area contributed by atoms with Crippen LogP contribution >= 0.6 is 0 Å². The van der Waals surface area contributed by atoms with E-state index >= 15 is 0 Å². The van der Waals surface area contributed by atoms with Crippen molar-refractivity contribution in [2.24, 2.45) is 0 Å². The molecule has 8 aromatic rings. The van der Waals surface area contributed by atoms with Crippen LogP contribution in [0.25, 0.3) is 21.9 Å². The van der Waals surface area contributed by atoms with Crippen LogP contribution in [0.4, 0.5) is 45.5 Å². The topological polar surface area (TPSA) is 22.9 Å². The van der Waals surface area contributed by atoms with E-state index in [1.807, 2.05) is 6.07 Å². The second-order valence-electron chi connectivity index (χ2n) is 21.4. The van der Waals surface area contributed by atoms with Gasteiger partial charge in [-0.1, -0.05) is 141 Å². The monoisotopic (exact) mass is 847 g/mol. The molecule has 0 saturated heterocycles. The zero-order valence-corrected chi connectivity index (χ0v) is 39.3. The lowest BCUT2D eigenvalue weighted by molar-refractivity contribution is 0.590. The quantitative estimate of drug-likeness (QED) is 0.161. The fourth-order valence-corrected chi connectivity index (χ4v) is 10.4. The molecule has 1 aliphatic carbocycles. The summed E-state index contributed by atoms with van der Waals surface area (Å²) in [4.78, 5) is 7.54. The molecular formula is C60H58BN3O. The molecule has 0 atom stereocenters. The van der Waals surface area contributed by atoms with Crippen molar-refractivity contribution in [1.82, 2.24) is 0 Å². The molecule has 0 spiro atoms.